The van der Waals surface area contributed by atoms with E-state index in [1.807, 2.05) is 0 Å². The van der Waals surface area contributed by atoms with Crippen molar-refractivity contribution in [3.8, 4) is 5.75 Å². The quantitative estimate of drug-likeness (QED) is 0.549. The summed E-state index contributed by atoms with van der Waals surface area (Å²) in [5, 5.41) is 13.4. The molecule has 0 unspecified atom stereocenters. The molecule has 0 aliphatic carbocycles. The van der Waals surface area contributed by atoms with E-state index in [0.29, 0.717) is 4.20 Å². The number of pyridine rings is 2. The van der Waals surface area contributed by atoms with Gasteiger partial charge in [-0.1, -0.05) is 0 Å². The number of alkyl halides is 2. The molecule has 1 aliphatic heterocycles. The van der Waals surface area contributed by atoms with Crippen LogP contribution in [0.1, 0.15) is 21.5 Å². The molecule has 0 fully saturated rings. The predicted molar refractivity (Wildman–Crippen MR) is 114 cm³/mol. The number of anilines is 1. The van der Waals surface area contributed by atoms with E-state index in [2.05, 4.69) is 10.3 Å². The monoisotopic (exact) mass is 516 g/mol. The van der Waals surface area contributed by atoms with Crippen LogP contribution in [0.4, 0.5) is 18.9 Å². The average molecular weight is 517 g/mol. The molecule has 7 nitrogen and oxygen atoms in total. The molecule has 162 valence electrons. The van der Waals surface area contributed by atoms with E-state index in [0.717, 1.165) is 15.0 Å². The Labute approximate surface area is 220 Å². The summed E-state index contributed by atoms with van der Waals surface area (Å²) in [4.78, 5) is 30.9. The molecule has 0 atom stereocenters. The first kappa shape index (κ1) is 23.4. The van der Waals surface area contributed by atoms with Gasteiger partial charge in [-0.05, 0) is 0 Å². The summed E-state index contributed by atoms with van der Waals surface area (Å²) < 4.78 is 44.2. The van der Waals surface area contributed by atoms with Gasteiger partial charge < -0.3 is 0 Å². The molecule has 0 saturated heterocycles. The zero-order valence-electron chi connectivity index (χ0n) is 17.7. The Hall–Kier alpha value is -1.75. The zero-order chi connectivity index (χ0) is 23.4. The van der Waals surface area contributed by atoms with Gasteiger partial charge in [0.2, 0.25) is 0 Å². The van der Waals surface area contributed by atoms with Crippen molar-refractivity contribution in [3.63, 3.8) is 0 Å². The van der Waals surface area contributed by atoms with E-state index >= 15 is 0 Å². The second-order valence-electron chi connectivity index (χ2n) is 8.14. The van der Waals surface area contributed by atoms with Crippen molar-refractivity contribution in [2.75, 3.05) is 26.0 Å². The topological polar surface area (TPSA) is 87.5 Å². The van der Waals surface area contributed by atoms with Crippen molar-refractivity contribution >= 4 is 76.8 Å². The number of hydrogen-bond acceptors (Lipinski definition) is 5. The molecule has 0 spiro atoms. The normalized spacial score (nSPS) is 14.7. The number of aromatic hydroxyl groups is 1. The number of aromatic nitrogens is 2. The molecular weight excluding hydrogens is 499 g/mol. The number of nitrogens with one attached hydrogen (secondary N) is 1. The molecule has 4 rings (SSSR count). The number of carbonyl (C=O) groups excluding carboxylic acids is 1. The number of hydrogen-bond donors (Lipinski definition) is 2. The Bertz CT molecular complexity index is 1320. The van der Waals surface area contributed by atoms with Gasteiger partial charge in [0.05, 0.1) is 0 Å². The van der Waals surface area contributed by atoms with Gasteiger partial charge in [0.25, 0.3) is 0 Å². The SMILES string of the molecule is CN(C)C(=O)c1c(O)c2ncc(Cc3ccc(F)[c]([Rb])c3)c3c2n(c1=O)CC(F)(F)CN3. The van der Waals surface area contributed by atoms with E-state index in [9.17, 15) is 27.9 Å². The maximum atomic E-state index is 14.5. The third kappa shape index (κ3) is 4.13. The van der Waals surface area contributed by atoms with Gasteiger partial charge >= 0.3 is 208 Å². The second-order valence-corrected chi connectivity index (χ2v) is 10.8. The Balaban J connectivity index is 1.99. The van der Waals surface area contributed by atoms with Crippen LogP contribution < -0.4 is 9.51 Å². The predicted octanol–water partition coefficient (Wildman–Crippen LogP) is 1.39. The van der Waals surface area contributed by atoms with Crippen LogP contribution in [0.2, 0.25) is 0 Å². The first-order valence-corrected chi connectivity index (χ1v) is 12.3. The Morgan fingerprint density at radius 1 is 1.38 bits per heavy atom. The number of rotatable bonds is 3. The van der Waals surface area contributed by atoms with E-state index in [1.165, 1.54) is 26.4 Å². The fourth-order valence-electron chi connectivity index (χ4n) is 3.87. The van der Waals surface area contributed by atoms with Crippen LogP contribution in [0.3, 0.4) is 0 Å². The van der Waals surface area contributed by atoms with Gasteiger partial charge in [-0.15, -0.1) is 0 Å². The summed E-state index contributed by atoms with van der Waals surface area (Å²) >= 11 is -0.0667. The van der Waals surface area contributed by atoms with Crippen molar-refractivity contribution in [3.05, 3.63) is 57.3 Å². The van der Waals surface area contributed by atoms with E-state index in [4.69, 9.17) is 0 Å². The van der Waals surface area contributed by atoms with Crippen LogP contribution in [0.25, 0.3) is 11.0 Å². The second kappa shape index (κ2) is 8.55. The molecule has 0 radical (unpaired) electrons. The van der Waals surface area contributed by atoms with Crippen LogP contribution in [0.15, 0.2) is 29.2 Å². The molecule has 3 aromatic rings. The van der Waals surface area contributed by atoms with Gasteiger partial charge in [0.1, 0.15) is 0 Å². The van der Waals surface area contributed by atoms with E-state index in [1.54, 1.807) is 12.1 Å². The standard InChI is InChI=1S/C21H18F3N4O3.Rb/c1-27(2)19(30)14-18(29)16-17-15(26-9-21(23,24)10-28(17)20(14)31)12(8-25-16)7-11-3-5-13(22)6-4-11;/h3-5,8,26,29H,7,9-10H2,1-2H3;. The van der Waals surface area contributed by atoms with Gasteiger partial charge in [-0.3, -0.25) is 0 Å². The molecule has 3 heterocycles. The summed E-state index contributed by atoms with van der Waals surface area (Å²) in [6, 6.07) is 4.72. The van der Waals surface area contributed by atoms with E-state index < -0.39 is 41.8 Å². The van der Waals surface area contributed by atoms with Crippen molar-refractivity contribution in [1.82, 2.24) is 14.5 Å². The molecule has 2 N–H and O–H groups in total. The van der Waals surface area contributed by atoms with E-state index in [-0.39, 0.29) is 84.5 Å². The number of carbonyl (C=O) groups is 1. The van der Waals surface area contributed by atoms with Crippen molar-refractivity contribution in [2.24, 2.45) is 0 Å². The van der Waals surface area contributed by atoms with Crippen LogP contribution in [-0.2, 0) is 13.0 Å². The number of amides is 1. The summed E-state index contributed by atoms with van der Waals surface area (Å²) in [6.07, 6.45) is 1.67. The summed E-state index contributed by atoms with van der Waals surface area (Å²) in [6.45, 7) is -1.71. The average Bonchev–Trinajstić information content (AvgIpc) is 2.86. The molecule has 1 amide bonds. The third-order valence-corrected chi connectivity index (χ3v) is 7.36. The minimum atomic E-state index is -3.29. The third-order valence-electron chi connectivity index (χ3n) is 5.47. The fourth-order valence-corrected chi connectivity index (χ4v) is 5.19. The molecule has 1 aliphatic rings. The van der Waals surface area contributed by atoms with Crippen LogP contribution >= 0.6 is 0 Å². The number of nitrogens with zero attached hydrogens (tertiary/aromatic N) is 3. The fraction of sp³-hybridized carbons (Fsp3) is 0.286. The Kier molecular flexibility index (Phi) is 6.25. The van der Waals surface area contributed by atoms with Gasteiger partial charge in [-0.25, -0.2) is 0 Å². The first-order chi connectivity index (χ1) is 15.0. The van der Waals surface area contributed by atoms with Gasteiger partial charge in [-0.2, -0.15) is 0 Å². The number of halogens is 3. The van der Waals surface area contributed by atoms with Gasteiger partial charge in [0, 0.05) is 14.1 Å². The van der Waals surface area contributed by atoms with Crippen molar-refractivity contribution in [1.29, 1.82) is 0 Å². The summed E-state index contributed by atoms with van der Waals surface area (Å²) in [5.74, 6) is -5.01. The van der Waals surface area contributed by atoms with Crippen LogP contribution in [0, 0.1) is 5.82 Å². The Morgan fingerprint density at radius 3 is 2.75 bits per heavy atom. The summed E-state index contributed by atoms with van der Waals surface area (Å²) in [7, 11) is 2.78. The van der Waals surface area contributed by atoms with Crippen molar-refractivity contribution < 1.29 is 23.1 Å². The molecule has 2 aromatic heterocycles. The summed E-state index contributed by atoms with van der Waals surface area (Å²) in [5.41, 5.74) is -0.212. The molecule has 1 aromatic carbocycles. The molecule has 0 saturated carbocycles. The molecular formula is C21H18F3N4O3Rb. The van der Waals surface area contributed by atoms with Crippen molar-refractivity contribution in [2.45, 2.75) is 18.9 Å². The molecule has 11 heteroatoms. The minimum absolute atomic E-state index is 0.00971. The Morgan fingerprint density at radius 2 is 2.09 bits per heavy atom. The zero-order valence-corrected chi connectivity index (χ0v) is 22.6. The molecule has 32 heavy (non-hydrogen) atoms. The van der Waals surface area contributed by atoms with Crippen LogP contribution in [-0.4, -0.2) is 108 Å². The first-order valence-electron chi connectivity index (χ1n) is 9.86. The number of benzene rings is 1. The molecule has 0 bridgehead atoms. The van der Waals surface area contributed by atoms with Crippen LogP contribution in [0.5, 0.6) is 5.75 Å². The maximum absolute atomic E-state index is 14.5. The van der Waals surface area contributed by atoms with Gasteiger partial charge in [0.15, 0.2) is 0 Å².